The van der Waals surface area contributed by atoms with E-state index in [2.05, 4.69) is 51.2 Å². The monoisotopic (exact) mass is 528 g/mol. The Balaban J connectivity index is 1.28. The zero-order chi connectivity index (χ0) is 27.2. The highest BCUT2D eigenvalue weighted by atomic mass is 16.5. The third-order valence-electron chi connectivity index (χ3n) is 7.34. The molecule has 3 aromatic carbocycles. The number of amides is 3. The predicted octanol–water partition coefficient (Wildman–Crippen LogP) is 5.70. The summed E-state index contributed by atoms with van der Waals surface area (Å²) < 4.78 is 10.6. The summed E-state index contributed by atoms with van der Waals surface area (Å²) in [6, 6.07) is 21.2. The van der Waals surface area contributed by atoms with E-state index in [0.29, 0.717) is 34.4 Å². The summed E-state index contributed by atoms with van der Waals surface area (Å²) in [7, 11) is 3.11. The van der Waals surface area contributed by atoms with Crippen LogP contribution in [0.5, 0.6) is 11.5 Å². The number of carbonyl (C=O) groups excluding carboxylic acids is 2. The number of ether oxygens (including phenoxy) is 2. The first-order valence-corrected chi connectivity index (χ1v) is 13.6. The molecule has 1 saturated carbocycles. The Kier molecular flexibility index (Phi) is 8.20. The highest BCUT2D eigenvalue weighted by Gasteiger charge is 2.28. The largest absolute Gasteiger partial charge is 0.497 e. The van der Waals surface area contributed by atoms with Gasteiger partial charge in [0.2, 0.25) is 0 Å². The van der Waals surface area contributed by atoms with Crippen LogP contribution in [0.1, 0.15) is 41.6 Å². The van der Waals surface area contributed by atoms with Crippen LogP contribution in [0.3, 0.4) is 0 Å². The molecule has 3 amide bonds. The molecule has 0 unspecified atom stereocenters. The first-order valence-electron chi connectivity index (χ1n) is 13.6. The summed E-state index contributed by atoms with van der Waals surface area (Å²) in [5, 5.41) is 8.79. The highest BCUT2D eigenvalue weighted by Crippen LogP contribution is 2.31. The molecule has 0 bridgehead atoms. The Morgan fingerprint density at radius 3 is 2.13 bits per heavy atom. The smallest absolute Gasteiger partial charge is 0.323 e. The van der Waals surface area contributed by atoms with Crippen molar-refractivity contribution in [2.75, 3.05) is 42.8 Å². The second-order valence-corrected chi connectivity index (χ2v) is 10.3. The Morgan fingerprint density at radius 1 is 0.821 bits per heavy atom. The van der Waals surface area contributed by atoms with E-state index < -0.39 is 6.03 Å². The van der Waals surface area contributed by atoms with E-state index in [4.69, 9.17) is 9.47 Å². The van der Waals surface area contributed by atoms with Gasteiger partial charge in [-0.15, -0.1) is 0 Å². The van der Waals surface area contributed by atoms with Crippen LogP contribution in [0.4, 0.5) is 21.9 Å². The van der Waals surface area contributed by atoms with Gasteiger partial charge in [0, 0.05) is 54.4 Å². The molecule has 1 saturated heterocycles. The molecule has 3 aromatic rings. The number of carbonyl (C=O) groups is 2. The van der Waals surface area contributed by atoms with E-state index in [1.54, 1.807) is 38.5 Å². The van der Waals surface area contributed by atoms with Crippen LogP contribution in [-0.2, 0) is 6.42 Å². The van der Waals surface area contributed by atoms with Crippen molar-refractivity contribution in [3.63, 3.8) is 0 Å². The Bertz CT molecular complexity index is 1280. The second-order valence-electron chi connectivity index (χ2n) is 10.3. The number of nitrogens with one attached hydrogen (secondary N) is 3. The number of anilines is 3. The van der Waals surface area contributed by atoms with Crippen molar-refractivity contribution in [3.05, 3.63) is 77.9 Å². The Morgan fingerprint density at radius 2 is 1.49 bits per heavy atom. The van der Waals surface area contributed by atoms with E-state index in [9.17, 15) is 9.59 Å². The number of benzene rings is 3. The Hall–Kier alpha value is -4.20. The Labute approximate surface area is 229 Å². The third kappa shape index (κ3) is 7.02. The molecule has 0 aromatic heterocycles. The van der Waals surface area contributed by atoms with Crippen molar-refractivity contribution < 1.29 is 19.1 Å². The number of methoxy groups -OCH3 is 2. The van der Waals surface area contributed by atoms with Crippen LogP contribution in [0.2, 0.25) is 0 Å². The summed E-state index contributed by atoms with van der Waals surface area (Å²) in [5.41, 5.74) is 3.96. The van der Waals surface area contributed by atoms with Crippen molar-refractivity contribution in [1.82, 2.24) is 5.32 Å². The molecule has 2 aliphatic rings. The van der Waals surface area contributed by atoms with Crippen LogP contribution >= 0.6 is 0 Å². The number of urea groups is 1. The fraction of sp³-hybridized carbons (Fsp3) is 0.355. The summed E-state index contributed by atoms with van der Waals surface area (Å²) in [5.74, 6) is 1.67. The van der Waals surface area contributed by atoms with Crippen LogP contribution < -0.4 is 30.3 Å². The first-order chi connectivity index (χ1) is 19.0. The summed E-state index contributed by atoms with van der Waals surface area (Å²) in [6.07, 6.45) is 5.25. The molecule has 0 spiro atoms. The van der Waals surface area contributed by atoms with E-state index >= 15 is 0 Å². The van der Waals surface area contributed by atoms with Crippen molar-refractivity contribution in [1.29, 1.82) is 0 Å². The number of rotatable bonds is 9. The lowest BCUT2D eigenvalue weighted by molar-refractivity contribution is 0.0951. The molecule has 1 aliphatic carbocycles. The van der Waals surface area contributed by atoms with E-state index in [1.807, 2.05) is 12.1 Å². The molecular weight excluding hydrogens is 492 g/mol. The van der Waals surface area contributed by atoms with Gasteiger partial charge >= 0.3 is 6.03 Å². The van der Waals surface area contributed by atoms with Gasteiger partial charge in [-0.05, 0) is 61.8 Å². The van der Waals surface area contributed by atoms with Crippen molar-refractivity contribution in [2.24, 2.45) is 5.92 Å². The lowest BCUT2D eigenvalue weighted by atomic mass is 9.89. The fourth-order valence-corrected chi connectivity index (χ4v) is 5.06. The topological polar surface area (TPSA) is 91.9 Å². The van der Waals surface area contributed by atoms with Gasteiger partial charge in [-0.1, -0.05) is 30.3 Å². The molecule has 1 aliphatic heterocycles. The van der Waals surface area contributed by atoms with Crippen LogP contribution in [0.15, 0.2) is 66.7 Å². The van der Waals surface area contributed by atoms with E-state index in [1.165, 1.54) is 5.56 Å². The first kappa shape index (κ1) is 26.4. The van der Waals surface area contributed by atoms with Gasteiger partial charge in [-0.25, -0.2) is 4.79 Å². The summed E-state index contributed by atoms with van der Waals surface area (Å²) in [4.78, 5) is 28.3. The minimum atomic E-state index is -0.423. The van der Waals surface area contributed by atoms with Crippen LogP contribution in [0.25, 0.3) is 0 Å². The lowest BCUT2D eigenvalue weighted by Gasteiger charge is -2.35. The quantitative estimate of drug-likeness (QED) is 0.331. The second kappa shape index (κ2) is 12.1. The predicted molar refractivity (Wildman–Crippen MR) is 154 cm³/mol. The zero-order valence-corrected chi connectivity index (χ0v) is 22.5. The average Bonchev–Trinajstić information content (AvgIpc) is 3.77. The maximum absolute atomic E-state index is 13.2. The normalized spacial score (nSPS) is 15.4. The third-order valence-corrected chi connectivity index (χ3v) is 7.34. The van der Waals surface area contributed by atoms with Gasteiger partial charge < -0.3 is 30.3 Å². The average molecular weight is 529 g/mol. The molecule has 0 atom stereocenters. The van der Waals surface area contributed by atoms with Gasteiger partial charge in [0.25, 0.3) is 5.91 Å². The molecule has 39 heavy (non-hydrogen) atoms. The van der Waals surface area contributed by atoms with Crippen molar-refractivity contribution in [3.8, 4) is 11.5 Å². The SMILES string of the molecule is COc1cc(NC(=O)Nc2ccc(N3CCC(Cc4ccccc4)CC3)c(C(=O)NC3CC3)c2)cc(OC)c1. The maximum Gasteiger partial charge on any atom is 0.323 e. The summed E-state index contributed by atoms with van der Waals surface area (Å²) >= 11 is 0. The highest BCUT2D eigenvalue weighted by molar-refractivity contribution is 6.04. The van der Waals surface area contributed by atoms with Crippen LogP contribution in [0, 0.1) is 5.92 Å². The molecule has 1 heterocycles. The van der Waals surface area contributed by atoms with Gasteiger partial charge in [0.15, 0.2) is 0 Å². The number of hydrogen-bond donors (Lipinski definition) is 3. The molecule has 8 heteroatoms. The van der Waals surface area contributed by atoms with E-state index in [-0.39, 0.29) is 11.9 Å². The number of piperidine rings is 1. The number of nitrogens with zero attached hydrogens (tertiary/aromatic N) is 1. The molecule has 204 valence electrons. The van der Waals surface area contributed by atoms with E-state index in [0.717, 1.165) is 50.9 Å². The van der Waals surface area contributed by atoms with Crippen molar-refractivity contribution >= 4 is 29.0 Å². The van der Waals surface area contributed by atoms with Gasteiger partial charge in [-0.2, -0.15) is 0 Å². The minimum Gasteiger partial charge on any atom is -0.497 e. The van der Waals surface area contributed by atoms with Gasteiger partial charge in [-0.3, -0.25) is 4.79 Å². The fourth-order valence-electron chi connectivity index (χ4n) is 5.06. The molecule has 2 fully saturated rings. The van der Waals surface area contributed by atoms with Gasteiger partial charge in [0.1, 0.15) is 11.5 Å². The van der Waals surface area contributed by atoms with Gasteiger partial charge in [0.05, 0.1) is 19.8 Å². The van der Waals surface area contributed by atoms with Crippen LogP contribution in [-0.4, -0.2) is 45.3 Å². The standard InChI is InChI=1S/C31H36N4O4/c1-38-26-17-25(18-27(20-26)39-2)34-31(37)33-24-10-11-29(28(19-24)30(36)32-23-8-9-23)35-14-12-22(13-15-35)16-21-6-4-3-5-7-21/h3-7,10-11,17-20,22-23H,8-9,12-16H2,1-2H3,(H,32,36)(H2,33,34,37). The summed E-state index contributed by atoms with van der Waals surface area (Å²) in [6.45, 7) is 1.79. The van der Waals surface area contributed by atoms with Crippen molar-refractivity contribution in [2.45, 2.75) is 38.1 Å². The molecule has 5 rings (SSSR count). The molecule has 0 radical (unpaired) electrons. The zero-order valence-electron chi connectivity index (χ0n) is 22.5. The lowest BCUT2D eigenvalue weighted by Crippen LogP contribution is -2.36. The maximum atomic E-state index is 13.2. The molecule has 3 N–H and O–H groups in total. The number of hydrogen-bond acceptors (Lipinski definition) is 5. The minimum absolute atomic E-state index is 0.0968. The molecule has 8 nitrogen and oxygen atoms in total. The molecular formula is C31H36N4O4.